The number of thioether (sulfide) groups is 1. The van der Waals surface area contributed by atoms with Crippen LogP contribution in [-0.2, 0) is 6.42 Å². The molecule has 0 fully saturated rings. The van der Waals surface area contributed by atoms with E-state index in [1.54, 1.807) is 11.1 Å². The zero-order valence-corrected chi connectivity index (χ0v) is 16.5. The van der Waals surface area contributed by atoms with E-state index in [1.165, 1.54) is 50.3 Å². The van der Waals surface area contributed by atoms with E-state index in [4.69, 9.17) is 0 Å². The monoisotopic (exact) mass is 356 g/mol. The van der Waals surface area contributed by atoms with Gasteiger partial charge in [-0.2, -0.15) is 0 Å². The van der Waals surface area contributed by atoms with E-state index in [2.05, 4.69) is 69.3 Å². The molecule has 1 heterocycles. The number of hydrogen-bond acceptors (Lipinski definition) is 1. The van der Waals surface area contributed by atoms with Gasteiger partial charge in [-0.15, -0.1) is 11.8 Å². The summed E-state index contributed by atoms with van der Waals surface area (Å²) in [6.45, 7) is 6.82. The van der Waals surface area contributed by atoms with Gasteiger partial charge in [0.2, 0.25) is 0 Å². The highest BCUT2D eigenvalue weighted by Crippen LogP contribution is 2.49. The molecular formula is C25H24S. The summed E-state index contributed by atoms with van der Waals surface area (Å²) < 4.78 is 0. The van der Waals surface area contributed by atoms with Crippen molar-refractivity contribution in [2.75, 3.05) is 0 Å². The SMILES string of the molecule is CC1=C(CCC2=Cc3ccccc3C2)C2=CC3SC(C)=C(C)C3=CC2=C1. The standard InChI is InChI=1S/C25H24S/c1-15-10-21-13-23-16(2)17(3)26-25(23)14-24(21)22(15)9-8-18-11-19-6-4-5-7-20(19)12-18/h4-7,10-11,13-14,25H,8-9,12H2,1-3H3. The Labute approximate surface area is 160 Å². The van der Waals surface area contributed by atoms with E-state index < -0.39 is 0 Å². The lowest BCUT2D eigenvalue weighted by molar-refractivity contribution is 0.907. The fourth-order valence-electron chi connectivity index (χ4n) is 4.62. The molecule has 0 radical (unpaired) electrons. The minimum Gasteiger partial charge on any atom is -0.118 e. The van der Waals surface area contributed by atoms with E-state index in [-0.39, 0.29) is 0 Å². The molecular weight excluding hydrogens is 332 g/mol. The topological polar surface area (TPSA) is 0 Å². The quantitative estimate of drug-likeness (QED) is 0.565. The Morgan fingerprint density at radius 3 is 2.69 bits per heavy atom. The molecule has 3 aliphatic carbocycles. The molecule has 130 valence electrons. The normalized spacial score (nSPS) is 23.4. The summed E-state index contributed by atoms with van der Waals surface area (Å²) in [5.74, 6) is 0. The van der Waals surface area contributed by atoms with Crippen LogP contribution >= 0.6 is 11.8 Å². The van der Waals surface area contributed by atoms with Crippen molar-refractivity contribution in [2.45, 2.75) is 45.3 Å². The van der Waals surface area contributed by atoms with Gasteiger partial charge in [0, 0.05) is 0 Å². The van der Waals surface area contributed by atoms with E-state index in [1.807, 2.05) is 11.8 Å². The number of benzene rings is 1. The first-order valence-electron chi connectivity index (χ1n) is 9.57. The smallest absolute Gasteiger partial charge is 0.0533 e. The zero-order chi connectivity index (χ0) is 17.8. The Balaban J connectivity index is 1.34. The molecule has 26 heavy (non-hydrogen) atoms. The first kappa shape index (κ1) is 16.2. The van der Waals surface area contributed by atoms with Crippen LogP contribution in [0.2, 0.25) is 0 Å². The maximum Gasteiger partial charge on any atom is 0.0533 e. The highest BCUT2D eigenvalue weighted by Gasteiger charge is 2.31. The molecule has 1 aromatic rings. The zero-order valence-electron chi connectivity index (χ0n) is 15.7. The number of allylic oxidation sites excluding steroid dienone is 9. The van der Waals surface area contributed by atoms with Gasteiger partial charge in [0.05, 0.1) is 5.25 Å². The summed E-state index contributed by atoms with van der Waals surface area (Å²) in [6.07, 6.45) is 13.2. The highest BCUT2D eigenvalue weighted by molar-refractivity contribution is 8.04. The van der Waals surface area contributed by atoms with Crippen molar-refractivity contribution >= 4 is 17.8 Å². The van der Waals surface area contributed by atoms with E-state index in [9.17, 15) is 0 Å². The predicted molar refractivity (Wildman–Crippen MR) is 114 cm³/mol. The second-order valence-corrected chi connectivity index (χ2v) is 9.20. The summed E-state index contributed by atoms with van der Waals surface area (Å²) in [7, 11) is 0. The number of rotatable bonds is 3. The molecule has 4 aliphatic rings. The van der Waals surface area contributed by atoms with Gasteiger partial charge in [-0.05, 0) is 95.6 Å². The van der Waals surface area contributed by atoms with Gasteiger partial charge in [-0.25, -0.2) is 0 Å². The van der Waals surface area contributed by atoms with Crippen LogP contribution in [0.3, 0.4) is 0 Å². The highest BCUT2D eigenvalue weighted by atomic mass is 32.2. The Morgan fingerprint density at radius 2 is 1.85 bits per heavy atom. The van der Waals surface area contributed by atoms with Gasteiger partial charge >= 0.3 is 0 Å². The summed E-state index contributed by atoms with van der Waals surface area (Å²) >= 11 is 2.02. The molecule has 1 aromatic carbocycles. The molecule has 0 aromatic heterocycles. The molecule has 1 atom stereocenters. The summed E-state index contributed by atoms with van der Waals surface area (Å²) in [5.41, 5.74) is 13.4. The van der Waals surface area contributed by atoms with Crippen LogP contribution in [0.25, 0.3) is 6.08 Å². The van der Waals surface area contributed by atoms with Crippen LogP contribution in [0, 0.1) is 0 Å². The van der Waals surface area contributed by atoms with Crippen molar-refractivity contribution in [3.8, 4) is 0 Å². The second kappa shape index (κ2) is 6.03. The lowest BCUT2D eigenvalue weighted by atomic mass is 9.88. The van der Waals surface area contributed by atoms with Crippen molar-refractivity contribution in [1.29, 1.82) is 0 Å². The van der Waals surface area contributed by atoms with Crippen LogP contribution in [0.1, 0.15) is 44.7 Å². The fraction of sp³-hybridized carbons (Fsp3) is 0.280. The third-order valence-corrected chi connectivity index (χ3v) is 7.52. The van der Waals surface area contributed by atoms with Crippen molar-refractivity contribution in [3.63, 3.8) is 0 Å². The fourth-order valence-corrected chi connectivity index (χ4v) is 5.87. The average Bonchev–Trinajstić information content (AvgIpc) is 3.25. The molecule has 0 saturated heterocycles. The van der Waals surface area contributed by atoms with Crippen LogP contribution in [0.5, 0.6) is 0 Å². The van der Waals surface area contributed by atoms with E-state index >= 15 is 0 Å². The van der Waals surface area contributed by atoms with Crippen LogP contribution in [-0.4, -0.2) is 5.25 Å². The van der Waals surface area contributed by atoms with Crippen LogP contribution < -0.4 is 0 Å². The van der Waals surface area contributed by atoms with E-state index in [0.29, 0.717) is 5.25 Å². The molecule has 0 saturated carbocycles. The Morgan fingerprint density at radius 1 is 1.00 bits per heavy atom. The Bertz CT molecular complexity index is 1000. The first-order valence-corrected chi connectivity index (χ1v) is 10.5. The van der Waals surface area contributed by atoms with Gasteiger partial charge in [0.15, 0.2) is 0 Å². The third-order valence-electron chi connectivity index (χ3n) is 6.21. The molecule has 5 rings (SSSR count). The lowest BCUT2D eigenvalue weighted by Crippen LogP contribution is -2.07. The van der Waals surface area contributed by atoms with Crippen LogP contribution in [0.4, 0.5) is 0 Å². The van der Waals surface area contributed by atoms with Crippen molar-refractivity contribution in [2.24, 2.45) is 0 Å². The maximum absolute atomic E-state index is 2.52. The maximum atomic E-state index is 2.52. The Kier molecular flexibility index (Phi) is 3.76. The molecule has 0 nitrogen and oxygen atoms in total. The van der Waals surface area contributed by atoms with Gasteiger partial charge in [0.1, 0.15) is 0 Å². The van der Waals surface area contributed by atoms with Crippen molar-refractivity contribution in [3.05, 3.63) is 97.5 Å². The molecule has 1 heteroatoms. The molecule has 0 bridgehead atoms. The molecule has 0 spiro atoms. The summed E-state index contributed by atoms with van der Waals surface area (Å²) in [5, 5.41) is 0.526. The van der Waals surface area contributed by atoms with Crippen LogP contribution in [0.15, 0.2) is 86.4 Å². The average molecular weight is 357 g/mol. The minimum absolute atomic E-state index is 0.526. The lowest BCUT2D eigenvalue weighted by Gasteiger charge is -2.19. The second-order valence-electron chi connectivity index (χ2n) is 7.84. The van der Waals surface area contributed by atoms with Crippen molar-refractivity contribution < 1.29 is 0 Å². The minimum atomic E-state index is 0.526. The predicted octanol–water partition coefficient (Wildman–Crippen LogP) is 6.94. The number of fused-ring (bicyclic) bond motifs is 3. The third kappa shape index (κ3) is 2.53. The Hall–Kier alpha value is -1.99. The van der Waals surface area contributed by atoms with E-state index in [0.717, 1.165) is 12.8 Å². The summed E-state index contributed by atoms with van der Waals surface area (Å²) in [6, 6.07) is 8.81. The molecule has 1 aliphatic heterocycles. The molecule has 0 amide bonds. The largest absolute Gasteiger partial charge is 0.118 e. The van der Waals surface area contributed by atoms with Crippen molar-refractivity contribution in [1.82, 2.24) is 0 Å². The van der Waals surface area contributed by atoms with Gasteiger partial charge < -0.3 is 0 Å². The number of hydrogen-bond donors (Lipinski definition) is 0. The first-order chi connectivity index (χ1) is 12.6. The van der Waals surface area contributed by atoms with Gasteiger partial charge in [-0.3, -0.25) is 0 Å². The van der Waals surface area contributed by atoms with Gasteiger partial charge in [0.25, 0.3) is 0 Å². The summed E-state index contributed by atoms with van der Waals surface area (Å²) in [4.78, 5) is 1.48. The van der Waals surface area contributed by atoms with Gasteiger partial charge in [-0.1, -0.05) is 48.1 Å². The molecule has 0 N–H and O–H groups in total. The molecule has 1 unspecified atom stereocenters.